The summed E-state index contributed by atoms with van der Waals surface area (Å²) in [6.45, 7) is 3.45. The Hall–Kier alpha value is -1.29. The summed E-state index contributed by atoms with van der Waals surface area (Å²) < 4.78 is 0. The van der Waals surface area contributed by atoms with Crippen LogP contribution in [0, 0.1) is 0 Å². The lowest BCUT2D eigenvalue weighted by Gasteiger charge is -2.06. The molecule has 1 atom stereocenters. The summed E-state index contributed by atoms with van der Waals surface area (Å²) in [5, 5.41) is 8.27. The van der Waals surface area contributed by atoms with Gasteiger partial charge in [0.1, 0.15) is 5.25 Å². The number of hydrogen-bond donors (Lipinski definition) is 1. The zero-order valence-electron chi connectivity index (χ0n) is 9.27. The molecule has 1 aromatic carbocycles. The number of thioether (sulfide) groups is 1. The van der Waals surface area contributed by atoms with Crippen LogP contribution in [0.5, 0.6) is 0 Å². The molecule has 0 aliphatic heterocycles. The van der Waals surface area contributed by atoms with Gasteiger partial charge in [0, 0.05) is 16.9 Å². The van der Waals surface area contributed by atoms with Crippen molar-refractivity contribution in [2.45, 2.75) is 30.4 Å². The number of ketones is 1. The van der Waals surface area contributed by atoms with Gasteiger partial charge in [-0.05, 0) is 19.1 Å². The molecular formula is C12H14O3S. The monoisotopic (exact) mass is 238 g/mol. The molecule has 1 N–H and O–H groups in total. The third-order valence-corrected chi connectivity index (χ3v) is 3.26. The Morgan fingerprint density at radius 1 is 1.31 bits per heavy atom. The number of benzene rings is 1. The summed E-state index contributed by atoms with van der Waals surface area (Å²) in [5.41, 5.74) is 0.676. The molecule has 0 fully saturated rings. The standard InChI is InChI=1S/C12H14O3S/c1-3-11(13)9-4-6-10(7-5-9)16-8(2)12(14)15/h4-8H,3H2,1-2H3,(H,14,15). The number of carbonyl (C=O) groups is 2. The maximum Gasteiger partial charge on any atom is 0.316 e. The van der Waals surface area contributed by atoms with Crippen molar-refractivity contribution in [1.29, 1.82) is 0 Å². The number of rotatable bonds is 5. The number of aliphatic carboxylic acids is 1. The Morgan fingerprint density at radius 3 is 2.31 bits per heavy atom. The molecule has 0 spiro atoms. The minimum absolute atomic E-state index is 0.0998. The first-order chi connectivity index (χ1) is 7.54. The summed E-state index contributed by atoms with van der Waals surface area (Å²) >= 11 is 1.27. The van der Waals surface area contributed by atoms with Crippen LogP contribution in [0.2, 0.25) is 0 Å². The highest BCUT2D eigenvalue weighted by molar-refractivity contribution is 8.00. The predicted molar refractivity (Wildman–Crippen MR) is 64.0 cm³/mol. The molecule has 0 aliphatic carbocycles. The summed E-state index contributed by atoms with van der Waals surface area (Å²) in [5.74, 6) is -0.735. The minimum atomic E-state index is -0.835. The zero-order valence-corrected chi connectivity index (χ0v) is 10.1. The number of carboxylic acids is 1. The molecule has 0 radical (unpaired) electrons. The maximum absolute atomic E-state index is 11.4. The molecule has 1 rings (SSSR count). The first-order valence-electron chi connectivity index (χ1n) is 5.07. The van der Waals surface area contributed by atoms with E-state index in [9.17, 15) is 9.59 Å². The second-order valence-corrected chi connectivity index (χ2v) is 4.81. The van der Waals surface area contributed by atoms with Crippen molar-refractivity contribution in [1.82, 2.24) is 0 Å². The Kier molecular flexibility index (Phi) is 4.55. The highest BCUT2D eigenvalue weighted by atomic mass is 32.2. The van der Waals surface area contributed by atoms with Crippen LogP contribution in [-0.2, 0) is 4.79 Å². The van der Waals surface area contributed by atoms with Gasteiger partial charge in [-0.1, -0.05) is 19.1 Å². The Labute approximate surface area is 98.9 Å². The van der Waals surface area contributed by atoms with Gasteiger partial charge in [-0.3, -0.25) is 9.59 Å². The number of hydrogen-bond acceptors (Lipinski definition) is 3. The van der Waals surface area contributed by atoms with Gasteiger partial charge < -0.3 is 5.11 Å². The summed E-state index contributed by atoms with van der Waals surface area (Å²) in [6.07, 6.45) is 0.484. The molecule has 1 unspecified atom stereocenters. The first kappa shape index (κ1) is 12.8. The van der Waals surface area contributed by atoms with E-state index in [0.717, 1.165) is 4.90 Å². The third-order valence-electron chi connectivity index (χ3n) is 2.16. The smallest absolute Gasteiger partial charge is 0.316 e. The summed E-state index contributed by atoms with van der Waals surface area (Å²) in [6, 6.07) is 7.05. The molecule has 0 heterocycles. The molecule has 0 aliphatic rings. The third kappa shape index (κ3) is 3.38. The second-order valence-electron chi connectivity index (χ2n) is 3.40. The Morgan fingerprint density at radius 2 is 1.88 bits per heavy atom. The van der Waals surface area contributed by atoms with Gasteiger partial charge in [-0.2, -0.15) is 0 Å². The predicted octanol–water partition coefficient (Wildman–Crippen LogP) is 2.84. The van der Waals surface area contributed by atoms with Crippen LogP contribution < -0.4 is 0 Å². The first-order valence-corrected chi connectivity index (χ1v) is 5.95. The highest BCUT2D eigenvalue weighted by Crippen LogP contribution is 2.23. The second kappa shape index (κ2) is 5.70. The van der Waals surface area contributed by atoms with Gasteiger partial charge in [-0.25, -0.2) is 0 Å². The summed E-state index contributed by atoms with van der Waals surface area (Å²) in [4.78, 5) is 22.9. The largest absolute Gasteiger partial charge is 0.480 e. The average molecular weight is 238 g/mol. The van der Waals surface area contributed by atoms with Crippen LogP contribution in [0.4, 0.5) is 0 Å². The highest BCUT2D eigenvalue weighted by Gasteiger charge is 2.12. The summed E-state index contributed by atoms with van der Waals surface area (Å²) in [7, 11) is 0. The van der Waals surface area contributed by atoms with Crippen LogP contribution in [0.15, 0.2) is 29.2 Å². The molecule has 4 heteroatoms. The lowest BCUT2D eigenvalue weighted by Crippen LogP contribution is -2.10. The SMILES string of the molecule is CCC(=O)c1ccc(SC(C)C(=O)O)cc1. The molecule has 86 valence electrons. The minimum Gasteiger partial charge on any atom is -0.480 e. The van der Waals surface area contributed by atoms with E-state index in [-0.39, 0.29) is 5.78 Å². The molecule has 3 nitrogen and oxygen atoms in total. The van der Waals surface area contributed by atoms with E-state index in [4.69, 9.17) is 5.11 Å². The van der Waals surface area contributed by atoms with Gasteiger partial charge in [0.05, 0.1) is 0 Å². The fraction of sp³-hybridized carbons (Fsp3) is 0.333. The fourth-order valence-electron chi connectivity index (χ4n) is 1.18. The molecule has 0 amide bonds. The van der Waals surface area contributed by atoms with Gasteiger partial charge in [-0.15, -0.1) is 11.8 Å². The van der Waals surface area contributed by atoms with Gasteiger partial charge >= 0.3 is 5.97 Å². The number of Topliss-reactive ketones (excluding diaryl/α,β-unsaturated/α-hetero) is 1. The zero-order chi connectivity index (χ0) is 12.1. The van der Waals surface area contributed by atoms with E-state index in [1.54, 1.807) is 31.2 Å². The van der Waals surface area contributed by atoms with Crippen molar-refractivity contribution in [2.24, 2.45) is 0 Å². The van der Waals surface area contributed by atoms with Crippen LogP contribution in [0.3, 0.4) is 0 Å². The fourth-order valence-corrected chi connectivity index (χ4v) is 1.98. The number of carboxylic acid groups (broad SMARTS) is 1. The van der Waals surface area contributed by atoms with E-state index in [2.05, 4.69) is 0 Å². The van der Waals surface area contributed by atoms with Crippen LogP contribution in [0.1, 0.15) is 30.6 Å². The lowest BCUT2D eigenvalue weighted by molar-refractivity contribution is -0.136. The van der Waals surface area contributed by atoms with Crippen molar-refractivity contribution in [3.63, 3.8) is 0 Å². The van der Waals surface area contributed by atoms with E-state index < -0.39 is 11.2 Å². The lowest BCUT2D eigenvalue weighted by atomic mass is 10.1. The van der Waals surface area contributed by atoms with Crippen molar-refractivity contribution in [3.8, 4) is 0 Å². The van der Waals surface area contributed by atoms with E-state index in [1.807, 2.05) is 6.92 Å². The molecule has 0 saturated carbocycles. The molecular weight excluding hydrogens is 224 g/mol. The number of carbonyl (C=O) groups excluding carboxylic acids is 1. The van der Waals surface area contributed by atoms with Crippen LogP contribution >= 0.6 is 11.8 Å². The van der Waals surface area contributed by atoms with E-state index >= 15 is 0 Å². The maximum atomic E-state index is 11.4. The van der Waals surface area contributed by atoms with Crippen LogP contribution in [0.25, 0.3) is 0 Å². The molecule has 0 aromatic heterocycles. The molecule has 0 bridgehead atoms. The van der Waals surface area contributed by atoms with Crippen LogP contribution in [-0.4, -0.2) is 22.1 Å². The average Bonchev–Trinajstić information content (AvgIpc) is 2.28. The van der Waals surface area contributed by atoms with Crippen molar-refractivity contribution < 1.29 is 14.7 Å². The van der Waals surface area contributed by atoms with Crippen molar-refractivity contribution in [3.05, 3.63) is 29.8 Å². The topological polar surface area (TPSA) is 54.4 Å². The van der Waals surface area contributed by atoms with Crippen molar-refractivity contribution >= 4 is 23.5 Å². The van der Waals surface area contributed by atoms with E-state index in [0.29, 0.717) is 12.0 Å². The van der Waals surface area contributed by atoms with Gasteiger partial charge in [0.15, 0.2) is 5.78 Å². The normalized spacial score (nSPS) is 12.1. The molecule has 16 heavy (non-hydrogen) atoms. The van der Waals surface area contributed by atoms with Gasteiger partial charge in [0.25, 0.3) is 0 Å². The molecule has 1 aromatic rings. The van der Waals surface area contributed by atoms with Gasteiger partial charge in [0.2, 0.25) is 0 Å². The molecule has 0 saturated heterocycles. The Balaban J connectivity index is 2.72. The Bertz CT molecular complexity index is 384. The van der Waals surface area contributed by atoms with E-state index in [1.165, 1.54) is 11.8 Å². The van der Waals surface area contributed by atoms with Crippen molar-refractivity contribution in [2.75, 3.05) is 0 Å². The quantitative estimate of drug-likeness (QED) is 0.633.